The molecule has 2 aromatic carbocycles. The molecule has 2 aromatic rings. The van der Waals surface area contributed by atoms with Gasteiger partial charge in [0.2, 0.25) is 5.91 Å². The number of piperazine rings is 1. The topological polar surface area (TPSA) is 131 Å². The van der Waals surface area contributed by atoms with Gasteiger partial charge in [0, 0.05) is 34.2 Å². The zero-order valence-electron chi connectivity index (χ0n) is 25.3. The Kier molecular flexibility index (Phi) is 8.74. The number of nitrogens with one attached hydrogen (secondary N) is 1. The van der Waals surface area contributed by atoms with E-state index < -0.39 is 29.9 Å². The molecule has 0 spiro atoms. The average Bonchev–Trinajstić information content (AvgIpc) is 2.98. The molecule has 2 aliphatic rings. The van der Waals surface area contributed by atoms with Gasteiger partial charge in [-0.1, -0.05) is 0 Å². The monoisotopic (exact) mass is 584 g/mol. The quantitative estimate of drug-likeness (QED) is 0.347. The van der Waals surface area contributed by atoms with Gasteiger partial charge in [0.1, 0.15) is 23.2 Å². The van der Waals surface area contributed by atoms with Gasteiger partial charge in [-0.25, -0.2) is 4.79 Å². The Morgan fingerprint density at radius 1 is 0.881 bits per heavy atom. The number of methoxy groups -OCH3 is 6. The molecule has 2 aliphatic heterocycles. The number of esters is 1. The minimum absolute atomic E-state index is 0.0524. The van der Waals surface area contributed by atoms with Crippen LogP contribution in [0.25, 0.3) is 6.08 Å². The molecule has 42 heavy (non-hydrogen) atoms. The number of hydrogen-bond acceptors (Lipinski definition) is 10. The van der Waals surface area contributed by atoms with E-state index in [1.54, 1.807) is 26.8 Å². The van der Waals surface area contributed by atoms with E-state index in [0.717, 1.165) is 0 Å². The third kappa shape index (κ3) is 4.70. The lowest BCUT2D eigenvalue weighted by atomic mass is 9.83. The van der Waals surface area contributed by atoms with Gasteiger partial charge in [0.25, 0.3) is 5.91 Å². The molecule has 1 fully saturated rings. The number of amides is 2. The second kappa shape index (κ2) is 12.1. The van der Waals surface area contributed by atoms with Crippen molar-refractivity contribution in [1.29, 1.82) is 0 Å². The summed E-state index contributed by atoms with van der Waals surface area (Å²) in [4.78, 5) is 42.7. The fraction of sp³-hybridized carbons (Fsp3) is 0.433. The van der Waals surface area contributed by atoms with Gasteiger partial charge in [0.05, 0.1) is 49.3 Å². The molecule has 2 heterocycles. The highest BCUT2D eigenvalue weighted by Crippen LogP contribution is 2.51. The van der Waals surface area contributed by atoms with Crippen LogP contribution < -0.4 is 33.7 Å². The van der Waals surface area contributed by atoms with Crippen LogP contribution in [0.4, 0.5) is 0 Å². The first-order valence-corrected chi connectivity index (χ1v) is 13.3. The number of nitrogens with zero attached hydrogens (tertiary/aromatic N) is 1. The summed E-state index contributed by atoms with van der Waals surface area (Å²) < 4.78 is 39.1. The highest BCUT2D eigenvalue weighted by atomic mass is 16.5. The van der Waals surface area contributed by atoms with Crippen molar-refractivity contribution in [2.24, 2.45) is 0 Å². The average molecular weight is 585 g/mol. The van der Waals surface area contributed by atoms with Crippen molar-refractivity contribution in [2.75, 3.05) is 49.3 Å². The first-order chi connectivity index (χ1) is 20.1. The largest absolute Gasteiger partial charge is 0.496 e. The van der Waals surface area contributed by atoms with Crippen LogP contribution in [0, 0.1) is 13.8 Å². The molecular formula is C30H36N2O10. The molecule has 12 nitrogen and oxygen atoms in total. The summed E-state index contributed by atoms with van der Waals surface area (Å²) in [6.45, 7) is 5.29. The van der Waals surface area contributed by atoms with Crippen molar-refractivity contribution in [3.8, 4) is 34.5 Å². The zero-order chi connectivity index (χ0) is 30.9. The molecule has 0 unspecified atom stereocenters. The van der Waals surface area contributed by atoms with Gasteiger partial charge >= 0.3 is 5.97 Å². The van der Waals surface area contributed by atoms with E-state index in [1.165, 1.54) is 53.6 Å². The van der Waals surface area contributed by atoms with Crippen molar-refractivity contribution >= 4 is 23.9 Å². The molecule has 0 radical (unpaired) electrons. The molecular weight excluding hydrogens is 548 g/mol. The number of carbonyl (C=O) groups excluding carboxylic acids is 3. The number of rotatable bonds is 9. The van der Waals surface area contributed by atoms with E-state index in [-0.39, 0.29) is 24.5 Å². The maximum atomic E-state index is 14.2. The van der Waals surface area contributed by atoms with Gasteiger partial charge in [-0.15, -0.1) is 0 Å². The zero-order valence-corrected chi connectivity index (χ0v) is 25.3. The van der Waals surface area contributed by atoms with Crippen LogP contribution in [0.2, 0.25) is 0 Å². The summed E-state index contributed by atoms with van der Waals surface area (Å²) in [5, 5.41) is 2.73. The molecule has 0 bridgehead atoms. The van der Waals surface area contributed by atoms with E-state index in [2.05, 4.69) is 5.32 Å². The molecule has 226 valence electrons. The fourth-order valence-electron chi connectivity index (χ4n) is 5.86. The van der Waals surface area contributed by atoms with Crippen LogP contribution in [0.15, 0.2) is 11.8 Å². The van der Waals surface area contributed by atoms with Gasteiger partial charge in [-0.2, -0.15) is 0 Å². The van der Waals surface area contributed by atoms with Gasteiger partial charge in [0.15, 0.2) is 29.0 Å². The third-order valence-electron chi connectivity index (χ3n) is 7.55. The molecule has 1 saturated heterocycles. The predicted octanol–water partition coefficient (Wildman–Crippen LogP) is 2.88. The summed E-state index contributed by atoms with van der Waals surface area (Å²) >= 11 is 0. The summed E-state index contributed by atoms with van der Waals surface area (Å²) in [6, 6.07) is -0.719. The molecule has 4 rings (SSSR count). The van der Waals surface area contributed by atoms with Crippen LogP contribution >= 0.6 is 0 Å². The number of benzene rings is 2. The van der Waals surface area contributed by atoms with Crippen molar-refractivity contribution < 1.29 is 47.5 Å². The number of carbonyl (C=O) groups is 3. The van der Waals surface area contributed by atoms with Crippen LogP contribution in [0.5, 0.6) is 34.5 Å². The molecule has 12 heteroatoms. The summed E-state index contributed by atoms with van der Waals surface area (Å²) in [7, 11) is 8.90. The molecule has 0 aliphatic carbocycles. The van der Waals surface area contributed by atoms with Crippen molar-refractivity contribution in [2.45, 2.75) is 39.3 Å². The SMILES string of the molecule is CCOC(=O)[C@@H]1c2c(c(OC)c(C)c(OC)c2OC)C[C@H]2C(=O)N/C(=C\c3cc(OC)c(OC)c(C)c3OC)C(=O)N12. The van der Waals surface area contributed by atoms with Crippen LogP contribution in [-0.2, 0) is 25.5 Å². The Bertz CT molecular complexity index is 1470. The Labute approximate surface area is 244 Å². The molecule has 1 N–H and O–H groups in total. The lowest BCUT2D eigenvalue weighted by molar-refractivity contribution is -0.160. The lowest BCUT2D eigenvalue weighted by Gasteiger charge is -2.45. The summed E-state index contributed by atoms with van der Waals surface area (Å²) in [5.74, 6) is 0.522. The Morgan fingerprint density at radius 2 is 1.48 bits per heavy atom. The van der Waals surface area contributed by atoms with Gasteiger partial charge < -0.3 is 43.4 Å². The number of fused-ring (bicyclic) bond motifs is 2. The van der Waals surface area contributed by atoms with Gasteiger partial charge in [-0.05, 0) is 32.9 Å². The summed E-state index contributed by atoms with van der Waals surface area (Å²) in [5.41, 5.74) is 2.55. The molecule has 0 aromatic heterocycles. The van der Waals surface area contributed by atoms with Crippen molar-refractivity contribution in [1.82, 2.24) is 10.2 Å². The standard InChI is InChI=1S/C30H36N2O10/c1-10-42-30(35)22-21-17(24(38-6)15(3)26(40-8)27(21)41-9)13-19-28(33)31-18(29(34)32(19)22)11-16-12-20(36-4)25(39-7)14(2)23(16)37-5/h11-12,19,22H,10,13H2,1-9H3,(H,31,33)/b18-11-/t19-,22-/m0/s1. The van der Waals surface area contributed by atoms with Crippen molar-refractivity contribution in [3.63, 3.8) is 0 Å². The van der Waals surface area contributed by atoms with Crippen molar-refractivity contribution in [3.05, 3.63) is 39.6 Å². The van der Waals surface area contributed by atoms with E-state index in [4.69, 9.17) is 33.2 Å². The molecule has 2 amide bonds. The van der Waals surface area contributed by atoms with Gasteiger partial charge in [-0.3, -0.25) is 9.59 Å². The van der Waals surface area contributed by atoms with Crippen LogP contribution in [-0.4, -0.2) is 78.0 Å². The van der Waals surface area contributed by atoms with E-state index in [1.807, 2.05) is 0 Å². The highest BCUT2D eigenvalue weighted by molar-refractivity contribution is 6.09. The predicted molar refractivity (Wildman–Crippen MR) is 152 cm³/mol. The van der Waals surface area contributed by atoms with Crippen LogP contribution in [0.3, 0.4) is 0 Å². The third-order valence-corrected chi connectivity index (χ3v) is 7.55. The molecule has 2 atom stereocenters. The fourth-order valence-corrected chi connectivity index (χ4v) is 5.86. The normalized spacial score (nSPS) is 18.5. The first-order valence-electron chi connectivity index (χ1n) is 13.3. The Morgan fingerprint density at radius 3 is 2.02 bits per heavy atom. The molecule has 0 saturated carbocycles. The first kappa shape index (κ1) is 30.4. The summed E-state index contributed by atoms with van der Waals surface area (Å²) in [6.07, 6.45) is 1.55. The lowest BCUT2D eigenvalue weighted by Crippen LogP contribution is -2.62. The minimum Gasteiger partial charge on any atom is -0.496 e. The second-order valence-corrected chi connectivity index (χ2v) is 9.61. The Hall–Kier alpha value is -4.61. The Balaban J connectivity index is 1.96. The smallest absolute Gasteiger partial charge is 0.333 e. The maximum absolute atomic E-state index is 14.2. The number of hydrogen-bond donors (Lipinski definition) is 1. The number of ether oxygens (including phenoxy) is 7. The second-order valence-electron chi connectivity index (χ2n) is 9.61. The minimum atomic E-state index is -1.33. The highest BCUT2D eigenvalue weighted by Gasteiger charge is 2.52. The maximum Gasteiger partial charge on any atom is 0.333 e. The van der Waals surface area contributed by atoms with E-state index in [0.29, 0.717) is 56.6 Å². The van der Waals surface area contributed by atoms with Crippen LogP contribution in [0.1, 0.15) is 40.8 Å². The van der Waals surface area contributed by atoms with E-state index in [9.17, 15) is 14.4 Å². The van der Waals surface area contributed by atoms with E-state index >= 15 is 0 Å².